The Morgan fingerprint density at radius 3 is 2.63 bits per heavy atom. The molecule has 0 aliphatic heterocycles. The van der Waals surface area contributed by atoms with Crippen molar-refractivity contribution < 1.29 is 14.3 Å². The number of hydrogen-bond acceptors (Lipinski definition) is 5. The number of ether oxygens (including phenoxy) is 1. The molecule has 1 atom stereocenters. The van der Waals surface area contributed by atoms with E-state index in [2.05, 4.69) is 16.1 Å². The Hall–Kier alpha value is -1.22. The van der Waals surface area contributed by atoms with Crippen molar-refractivity contribution in [2.75, 3.05) is 12.9 Å². The number of esters is 1. The van der Waals surface area contributed by atoms with Crippen LogP contribution in [0, 0.1) is 11.3 Å². The van der Waals surface area contributed by atoms with Crippen LogP contribution in [0.25, 0.3) is 0 Å². The van der Waals surface area contributed by atoms with Crippen LogP contribution in [0.15, 0.2) is 0 Å². The van der Waals surface area contributed by atoms with E-state index in [0.717, 1.165) is 25.7 Å². The first-order valence-corrected chi connectivity index (χ1v) is 7.47. The van der Waals surface area contributed by atoms with Crippen LogP contribution in [0.5, 0.6) is 0 Å². The second kappa shape index (κ2) is 7.39. The number of carbonyl (C=O) groups excluding carboxylic acids is 2. The number of rotatable bonds is 6. The molecular formula is C13H20N2O3S. The lowest BCUT2D eigenvalue weighted by Gasteiger charge is -2.22. The summed E-state index contributed by atoms with van der Waals surface area (Å²) in [5.41, 5.74) is -0.663. The van der Waals surface area contributed by atoms with Crippen LogP contribution < -0.4 is 5.32 Å². The van der Waals surface area contributed by atoms with Gasteiger partial charge in [0, 0.05) is 5.25 Å². The molecule has 0 aromatic heterocycles. The van der Waals surface area contributed by atoms with E-state index in [0.29, 0.717) is 0 Å². The van der Waals surface area contributed by atoms with E-state index in [1.54, 1.807) is 0 Å². The molecule has 106 valence electrons. The van der Waals surface area contributed by atoms with Crippen molar-refractivity contribution in [2.45, 2.75) is 49.8 Å². The van der Waals surface area contributed by atoms with E-state index in [1.165, 1.54) is 18.9 Å². The van der Waals surface area contributed by atoms with Gasteiger partial charge in [0.25, 0.3) is 0 Å². The van der Waals surface area contributed by atoms with E-state index in [1.807, 2.05) is 6.92 Å². The Bertz CT molecular complexity index is 373. The van der Waals surface area contributed by atoms with Crippen LogP contribution in [-0.4, -0.2) is 35.5 Å². The van der Waals surface area contributed by atoms with Gasteiger partial charge in [0.1, 0.15) is 5.54 Å². The fourth-order valence-electron chi connectivity index (χ4n) is 2.14. The molecular weight excluding hydrogens is 264 g/mol. The lowest BCUT2D eigenvalue weighted by Crippen LogP contribution is -2.46. The summed E-state index contributed by atoms with van der Waals surface area (Å²) in [6.07, 6.45) is 3.73. The van der Waals surface area contributed by atoms with Gasteiger partial charge in [-0.25, -0.2) is 0 Å². The van der Waals surface area contributed by atoms with Gasteiger partial charge in [-0.3, -0.25) is 9.59 Å². The molecule has 0 heterocycles. The molecule has 5 nitrogen and oxygen atoms in total. The van der Waals surface area contributed by atoms with Gasteiger partial charge < -0.3 is 10.1 Å². The fraction of sp³-hybridized carbons (Fsp3) is 0.769. The molecule has 1 fully saturated rings. The highest BCUT2D eigenvalue weighted by Gasteiger charge is 2.35. The van der Waals surface area contributed by atoms with Crippen molar-refractivity contribution in [2.24, 2.45) is 0 Å². The average molecular weight is 284 g/mol. The van der Waals surface area contributed by atoms with E-state index >= 15 is 0 Å². The van der Waals surface area contributed by atoms with Crippen molar-refractivity contribution in [3.05, 3.63) is 0 Å². The van der Waals surface area contributed by atoms with Gasteiger partial charge in [0.2, 0.25) is 5.91 Å². The van der Waals surface area contributed by atoms with Crippen LogP contribution in [0.3, 0.4) is 0 Å². The summed E-state index contributed by atoms with van der Waals surface area (Å²) in [6.45, 7) is 1.88. The third kappa shape index (κ3) is 5.11. The van der Waals surface area contributed by atoms with Crippen molar-refractivity contribution in [3.63, 3.8) is 0 Å². The highest BCUT2D eigenvalue weighted by atomic mass is 32.2. The number of methoxy groups -OCH3 is 1. The van der Waals surface area contributed by atoms with E-state index < -0.39 is 5.54 Å². The number of hydrogen-bond donors (Lipinski definition) is 1. The minimum atomic E-state index is -0.663. The first-order valence-electron chi connectivity index (χ1n) is 6.42. The zero-order valence-corrected chi connectivity index (χ0v) is 12.2. The van der Waals surface area contributed by atoms with Gasteiger partial charge in [0.05, 0.1) is 25.4 Å². The topological polar surface area (TPSA) is 79.2 Å². The second-order valence-corrected chi connectivity index (χ2v) is 6.28. The lowest BCUT2D eigenvalue weighted by atomic mass is 10.0. The quantitative estimate of drug-likeness (QED) is 0.750. The third-order valence-corrected chi connectivity index (χ3v) is 4.40. The van der Waals surface area contributed by atoms with Crippen molar-refractivity contribution in [3.8, 4) is 6.07 Å². The monoisotopic (exact) mass is 284 g/mol. The summed E-state index contributed by atoms with van der Waals surface area (Å²) in [5.74, 6) is -0.142. The molecule has 1 amide bonds. The number of amides is 1. The number of nitrogens with one attached hydrogen (secondary N) is 1. The molecule has 1 aliphatic carbocycles. The molecule has 1 rings (SSSR count). The Kier molecular flexibility index (Phi) is 6.16. The lowest BCUT2D eigenvalue weighted by molar-refractivity contribution is -0.140. The third-order valence-electron chi connectivity index (χ3n) is 3.23. The van der Waals surface area contributed by atoms with Gasteiger partial charge in [0.15, 0.2) is 0 Å². The van der Waals surface area contributed by atoms with E-state index in [4.69, 9.17) is 5.26 Å². The zero-order chi connectivity index (χ0) is 14.3. The van der Waals surface area contributed by atoms with Gasteiger partial charge in [-0.1, -0.05) is 6.92 Å². The Balaban J connectivity index is 2.32. The van der Waals surface area contributed by atoms with Crippen LogP contribution in [0.4, 0.5) is 0 Å². The molecule has 6 heteroatoms. The molecule has 1 N–H and O–H groups in total. The maximum absolute atomic E-state index is 11.8. The highest BCUT2D eigenvalue weighted by Crippen LogP contribution is 2.29. The maximum Gasteiger partial charge on any atom is 0.306 e. The standard InChI is InChI=1S/C13H20N2O3S/c1-10(7-12(17)18-2)19-8-11(16)15-13(9-14)5-3-4-6-13/h10H,3-8H2,1-2H3,(H,15,16). The van der Waals surface area contributed by atoms with E-state index in [9.17, 15) is 9.59 Å². The summed E-state index contributed by atoms with van der Waals surface area (Å²) in [4.78, 5) is 22.9. The summed E-state index contributed by atoms with van der Waals surface area (Å²) in [6, 6.07) is 2.22. The van der Waals surface area contributed by atoms with Crippen molar-refractivity contribution in [1.29, 1.82) is 5.26 Å². The Morgan fingerprint density at radius 2 is 2.11 bits per heavy atom. The number of carbonyl (C=O) groups is 2. The van der Waals surface area contributed by atoms with Gasteiger partial charge in [-0.05, 0) is 25.7 Å². The van der Waals surface area contributed by atoms with Gasteiger partial charge in [-0.15, -0.1) is 11.8 Å². The van der Waals surface area contributed by atoms with Crippen molar-refractivity contribution >= 4 is 23.6 Å². The van der Waals surface area contributed by atoms with Crippen LogP contribution in [-0.2, 0) is 14.3 Å². The van der Waals surface area contributed by atoms with Crippen LogP contribution in [0.1, 0.15) is 39.0 Å². The van der Waals surface area contributed by atoms with Gasteiger partial charge >= 0.3 is 5.97 Å². The Labute approximate surface area is 118 Å². The summed E-state index contributed by atoms with van der Waals surface area (Å²) in [7, 11) is 1.35. The number of nitriles is 1. The molecule has 1 saturated carbocycles. The minimum absolute atomic E-state index is 0.0276. The molecule has 0 spiro atoms. The predicted molar refractivity (Wildman–Crippen MR) is 73.5 cm³/mol. The van der Waals surface area contributed by atoms with Crippen molar-refractivity contribution in [1.82, 2.24) is 5.32 Å². The highest BCUT2D eigenvalue weighted by molar-refractivity contribution is 8.00. The van der Waals surface area contributed by atoms with Crippen LogP contribution in [0.2, 0.25) is 0 Å². The molecule has 1 unspecified atom stereocenters. The molecule has 0 aromatic carbocycles. The SMILES string of the molecule is COC(=O)CC(C)SCC(=O)NC1(C#N)CCCC1. The predicted octanol–water partition coefficient (Wildman–Crippen LogP) is 1.62. The first-order chi connectivity index (χ1) is 9.01. The average Bonchev–Trinajstić information content (AvgIpc) is 2.85. The molecule has 0 aromatic rings. The minimum Gasteiger partial charge on any atom is -0.469 e. The number of thioether (sulfide) groups is 1. The van der Waals surface area contributed by atoms with Crippen LogP contribution >= 0.6 is 11.8 Å². The fourth-order valence-corrected chi connectivity index (χ4v) is 2.90. The molecule has 1 aliphatic rings. The zero-order valence-electron chi connectivity index (χ0n) is 11.4. The number of nitrogens with zero attached hydrogens (tertiary/aromatic N) is 1. The van der Waals surface area contributed by atoms with Gasteiger partial charge in [-0.2, -0.15) is 5.26 Å². The Morgan fingerprint density at radius 1 is 1.47 bits per heavy atom. The molecule has 19 heavy (non-hydrogen) atoms. The summed E-state index contributed by atoms with van der Waals surface area (Å²) < 4.78 is 4.57. The normalized spacial score (nSPS) is 18.4. The maximum atomic E-state index is 11.8. The first kappa shape index (κ1) is 15.8. The smallest absolute Gasteiger partial charge is 0.306 e. The summed E-state index contributed by atoms with van der Waals surface area (Å²) >= 11 is 1.40. The largest absolute Gasteiger partial charge is 0.469 e. The molecule has 0 saturated heterocycles. The second-order valence-electron chi connectivity index (χ2n) is 4.85. The van der Waals surface area contributed by atoms with E-state index in [-0.39, 0.29) is 29.3 Å². The molecule has 0 bridgehead atoms. The summed E-state index contributed by atoms with van der Waals surface area (Å²) in [5, 5.41) is 12.0. The molecule has 0 radical (unpaired) electrons.